The first kappa shape index (κ1) is 11.4. The van der Waals surface area contributed by atoms with Crippen molar-refractivity contribution in [3.63, 3.8) is 0 Å². The maximum absolute atomic E-state index is 6.12. The van der Waals surface area contributed by atoms with Crippen LogP contribution < -0.4 is 4.74 Å². The van der Waals surface area contributed by atoms with Gasteiger partial charge in [0.2, 0.25) is 0 Å². The monoisotopic (exact) mass is 250 g/mol. The van der Waals surface area contributed by atoms with E-state index >= 15 is 0 Å². The smallest absolute Gasteiger partial charge is 0.123 e. The summed E-state index contributed by atoms with van der Waals surface area (Å²) in [6, 6.07) is 6.49. The molecule has 1 aromatic rings. The number of ether oxygens (including phenoxy) is 1. The van der Waals surface area contributed by atoms with Gasteiger partial charge in [-0.25, -0.2) is 0 Å². The van der Waals surface area contributed by atoms with E-state index in [4.69, 9.17) is 16.3 Å². The highest BCUT2D eigenvalue weighted by atomic mass is 35.5. The van der Waals surface area contributed by atoms with E-state index < -0.39 is 0 Å². The van der Waals surface area contributed by atoms with Crippen LogP contribution in [0.5, 0.6) is 5.75 Å². The maximum atomic E-state index is 6.12. The Hall–Kier alpha value is -0.690. The first-order valence-corrected chi connectivity index (χ1v) is 7.06. The second-order valence-corrected chi connectivity index (χ2v) is 6.01. The number of rotatable bonds is 3. The summed E-state index contributed by atoms with van der Waals surface area (Å²) < 4.78 is 6.04. The predicted molar refractivity (Wildman–Crippen MR) is 70.9 cm³/mol. The van der Waals surface area contributed by atoms with Crippen LogP contribution in [0, 0.1) is 12.3 Å². The molecule has 17 heavy (non-hydrogen) atoms. The maximum Gasteiger partial charge on any atom is 0.123 e. The molecule has 0 radical (unpaired) electrons. The number of hydrogen-bond donors (Lipinski definition) is 0. The molecule has 1 aromatic carbocycles. The Balaban J connectivity index is 1.70. The normalized spacial score (nSPS) is 24.9. The zero-order valence-corrected chi connectivity index (χ0v) is 11.1. The van der Waals surface area contributed by atoms with E-state index in [2.05, 4.69) is 25.1 Å². The van der Waals surface area contributed by atoms with Gasteiger partial charge < -0.3 is 4.74 Å². The Labute approximate surface area is 108 Å². The third kappa shape index (κ3) is 2.06. The SMILES string of the molecule is Cc1ccc2c(c1)CC(CC1(CCl)CCC1)O2. The molecular weight excluding hydrogens is 232 g/mol. The summed E-state index contributed by atoms with van der Waals surface area (Å²) in [7, 11) is 0. The fourth-order valence-corrected chi connectivity index (χ4v) is 3.49. The number of hydrogen-bond acceptors (Lipinski definition) is 1. The van der Waals surface area contributed by atoms with E-state index in [0.717, 1.165) is 24.5 Å². The second-order valence-electron chi connectivity index (χ2n) is 5.75. The highest BCUT2D eigenvalue weighted by Gasteiger charge is 2.40. The molecule has 1 saturated carbocycles. The summed E-state index contributed by atoms with van der Waals surface area (Å²) in [4.78, 5) is 0. The van der Waals surface area contributed by atoms with Gasteiger partial charge in [-0.15, -0.1) is 11.6 Å². The molecule has 92 valence electrons. The number of alkyl halides is 1. The summed E-state index contributed by atoms with van der Waals surface area (Å²) in [6.45, 7) is 2.14. The topological polar surface area (TPSA) is 9.23 Å². The number of aryl methyl sites for hydroxylation is 1. The van der Waals surface area contributed by atoms with Gasteiger partial charge in [-0.3, -0.25) is 0 Å². The largest absolute Gasteiger partial charge is 0.490 e. The lowest BCUT2D eigenvalue weighted by molar-refractivity contribution is 0.0823. The molecule has 3 rings (SSSR count). The van der Waals surface area contributed by atoms with Crippen molar-refractivity contribution in [2.24, 2.45) is 5.41 Å². The minimum atomic E-state index is 0.353. The molecule has 0 N–H and O–H groups in total. The van der Waals surface area contributed by atoms with Gasteiger partial charge in [-0.05, 0) is 43.2 Å². The first-order chi connectivity index (χ1) is 8.21. The van der Waals surface area contributed by atoms with Crippen molar-refractivity contribution >= 4 is 11.6 Å². The van der Waals surface area contributed by atoms with Gasteiger partial charge in [0.05, 0.1) is 0 Å². The van der Waals surface area contributed by atoms with Crippen molar-refractivity contribution in [2.45, 2.75) is 45.1 Å². The van der Waals surface area contributed by atoms with E-state index in [1.54, 1.807) is 0 Å². The lowest BCUT2D eigenvalue weighted by Crippen LogP contribution is -2.36. The summed E-state index contributed by atoms with van der Waals surface area (Å²) in [5.74, 6) is 1.88. The van der Waals surface area contributed by atoms with E-state index in [9.17, 15) is 0 Å². The van der Waals surface area contributed by atoms with Crippen molar-refractivity contribution < 1.29 is 4.74 Å². The number of benzene rings is 1. The van der Waals surface area contributed by atoms with Crippen molar-refractivity contribution in [1.82, 2.24) is 0 Å². The summed E-state index contributed by atoms with van der Waals surface area (Å²) >= 11 is 6.12. The van der Waals surface area contributed by atoms with Crippen LogP contribution in [-0.4, -0.2) is 12.0 Å². The quantitative estimate of drug-likeness (QED) is 0.734. The van der Waals surface area contributed by atoms with E-state index in [-0.39, 0.29) is 0 Å². The molecule has 1 aliphatic carbocycles. The molecule has 1 unspecified atom stereocenters. The molecule has 1 atom stereocenters. The van der Waals surface area contributed by atoms with E-state index in [1.165, 1.54) is 30.4 Å². The fraction of sp³-hybridized carbons (Fsp3) is 0.600. The third-order valence-corrected chi connectivity index (χ3v) is 4.88. The highest BCUT2D eigenvalue weighted by Crippen LogP contribution is 2.47. The Morgan fingerprint density at radius 2 is 2.24 bits per heavy atom. The van der Waals surface area contributed by atoms with Crippen molar-refractivity contribution in [1.29, 1.82) is 0 Å². The van der Waals surface area contributed by atoms with Crippen LogP contribution in [0.2, 0.25) is 0 Å². The van der Waals surface area contributed by atoms with Crippen molar-refractivity contribution in [2.75, 3.05) is 5.88 Å². The molecule has 0 aromatic heterocycles. The lowest BCUT2D eigenvalue weighted by atomic mass is 9.67. The predicted octanol–water partition coefficient (Wildman–Crippen LogP) is 4.10. The Bertz CT molecular complexity index is 417. The Kier molecular flexibility index (Phi) is 2.82. The molecule has 0 spiro atoms. The molecule has 0 saturated heterocycles. The van der Waals surface area contributed by atoms with Crippen LogP contribution in [0.15, 0.2) is 18.2 Å². The molecule has 2 aliphatic rings. The van der Waals surface area contributed by atoms with Gasteiger partial charge in [0.1, 0.15) is 11.9 Å². The van der Waals surface area contributed by atoms with E-state index in [1.807, 2.05) is 0 Å². The zero-order valence-electron chi connectivity index (χ0n) is 10.3. The van der Waals surface area contributed by atoms with Crippen LogP contribution in [-0.2, 0) is 6.42 Å². The van der Waals surface area contributed by atoms with Crippen LogP contribution in [0.25, 0.3) is 0 Å². The molecule has 1 heterocycles. The second kappa shape index (κ2) is 4.20. The molecule has 0 amide bonds. The Morgan fingerprint density at radius 1 is 1.41 bits per heavy atom. The zero-order chi connectivity index (χ0) is 11.9. The molecule has 1 nitrogen and oxygen atoms in total. The summed E-state index contributed by atoms with van der Waals surface area (Å²) in [5.41, 5.74) is 3.08. The number of fused-ring (bicyclic) bond motifs is 1. The minimum absolute atomic E-state index is 0.353. The van der Waals surface area contributed by atoms with E-state index in [0.29, 0.717) is 11.5 Å². The number of halogens is 1. The van der Waals surface area contributed by atoms with Gasteiger partial charge in [-0.1, -0.05) is 24.1 Å². The fourth-order valence-electron chi connectivity index (χ4n) is 3.12. The summed E-state index contributed by atoms with van der Waals surface area (Å²) in [5, 5.41) is 0. The van der Waals surface area contributed by atoms with Gasteiger partial charge in [0.15, 0.2) is 0 Å². The van der Waals surface area contributed by atoms with Gasteiger partial charge in [0.25, 0.3) is 0 Å². The molecule has 0 bridgehead atoms. The van der Waals surface area contributed by atoms with Gasteiger partial charge in [0, 0.05) is 12.3 Å². The van der Waals surface area contributed by atoms with Crippen LogP contribution >= 0.6 is 11.6 Å². The molecule has 1 fully saturated rings. The molecular formula is C15H19ClO. The van der Waals surface area contributed by atoms with Gasteiger partial charge >= 0.3 is 0 Å². The third-order valence-electron chi connectivity index (χ3n) is 4.32. The van der Waals surface area contributed by atoms with Gasteiger partial charge in [-0.2, -0.15) is 0 Å². The molecule has 2 heteroatoms. The first-order valence-electron chi connectivity index (χ1n) is 6.53. The lowest BCUT2D eigenvalue weighted by Gasteiger charge is -2.41. The van der Waals surface area contributed by atoms with Crippen molar-refractivity contribution in [3.8, 4) is 5.75 Å². The van der Waals surface area contributed by atoms with Crippen LogP contribution in [0.1, 0.15) is 36.8 Å². The Morgan fingerprint density at radius 3 is 2.88 bits per heavy atom. The van der Waals surface area contributed by atoms with Crippen molar-refractivity contribution in [3.05, 3.63) is 29.3 Å². The highest BCUT2D eigenvalue weighted by molar-refractivity contribution is 6.18. The average Bonchev–Trinajstić information content (AvgIpc) is 2.65. The van der Waals surface area contributed by atoms with Crippen LogP contribution in [0.3, 0.4) is 0 Å². The standard InChI is InChI=1S/C15H19ClO/c1-11-3-4-14-12(7-11)8-13(17-14)9-15(10-16)5-2-6-15/h3-4,7,13H,2,5-6,8-10H2,1H3. The minimum Gasteiger partial charge on any atom is -0.490 e. The molecule has 1 aliphatic heterocycles. The average molecular weight is 251 g/mol. The van der Waals surface area contributed by atoms with Crippen LogP contribution in [0.4, 0.5) is 0 Å². The summed E-state index contributed by atoms with van der Waals surface area (Å²) in [6.07, 6.45) is 6.45.